The molecule has 2 fully saturated rings. The van der Waals surface area contributed by atoms with Crippen LogP contribution in [0, 0.1) is 17.8 Å². The van der Waals surface area contributed by atoms with E-state index in [4.69, 9.17) is 0 Å². The molecule has 26 heavy (non-hydrogen) atoms. The number of hydrogen-bond donors (Lipinski definition) is 2. The standard InChI is InChI=1S/C22H35N3O/c1-17-11-18(2)15-25(14-17)16-21-6-4-3-5-20(21)13-24-22(26)8-7-19-9-10-23-12-19/h3-6,17-19,23H,7-16H2,1-2H3,(H,24,26). The first-order valence-corrected chi connectivity index (χ1v) is 10.4. The Labute approximate surface area is 158 Å². The summed E-state index contributed by atoms with van der Waals surface area (Å²) in [5.74, 6) is 2.41. The lowest BCUT2D eigenvalue weighted by Gasteiger charge is -2.35. The minimum Gasteiger partial charge on any atom is -0.352 e. The topological polar surface area (TPSA) is 44.4 Å². The highest BCUT2D eigenvalue weighted by atomic mass is 16.1. The molecule has 144 valence electrons. The molecule has 2 aliphatic rings. The number of benzene rings is 1. The molecule has 1 amide bonds. The molecular formula is C22H35N3O. The maximum absolute atomic E-state index is 12.2. The lowest BCUT2D eigenvalue weighted by molar-refractivity contribution is -0.121. The molecule has 1 aromatic carbocycles. The normalized spacial score (nSPS) is 26.8. The van der Waals surface area contributed by atoms with Gasteiger partial charge in [-0.05, 0) is 61.2 Å². The first-order chi connectivity index (χ1) is 12.6. The zero-order valence-corrected chi connectivity index (χ0v) is 16.5. The third-order valence-electron chi connectivity index (χ3n) is 5.87. The van der Waals surface area contributed by atoms with E-state index < -0.39 is 0 Å². The third kappa shape index (κ3) is 5.82. The smallest absolute Gasteiger partial charge is 0.220 e. The van der Waals surface area contributed by atoms with Gasteiger partial charge in [0.05, 0.1) is 0 Å². The van der Waals surface area contributed by atoms with Gasteiger partial charge in [-0.1, -0.05) is 38.1 Å². The molecule has 0 saturated carbocycles. The van der Waals surface area contributed by atoms with Gasteiger partial charge in [0.25, 0.3) is 0 Å². The Hall–Kier alpha value is -1.39. The predicted molar refractivity (Wildman–Crippen MR) is 107 cm³/mol. The first kappa shape index (κ1) is 19.4. The second-order valence-electron chi connectivity index (χ2n) is 8.58. The van der Waals surface area contributed by atoms with Crippen molar-refractivity contribution < 1.29 is 4.79 Å². The van der Waals surface area contributed by atoms with Crippen molar-refractivity contribution in [2.45, 2.75) is 52.6 Å². The Bertz CT molecular complexity index is 573. The fourth-order valence-corrected chi connectivity index (χ4v) is 4.62. The van der Waals surface area contributed by atoms with Crippen LogP contribution in [0.2, 0.25) is 0 Å². The number of piperidine rings is 1. The van der Waals surface area contributed by atoms with Crippen LogP contribution in [0.1, 0.15) is 50.7 Å². The van der Waals surface area contributed by atoms with Crippen LogP contribution in [0.5, 0.6) is 0 Å². The van der Waals surface area contributed by atoms with E-state index in [1.807, 2.05) is 0 Å². The molecule has 0 aromatic heterocycles. The van der Waals surface area contributed by atoms with Gasteiger partial charge in [0.2, 0.25) is 5.91 Å². The quantitative estimate of drug-likeness (QED) is 0.788. The van der Waals surface area contributed by atoms with Gasteiger partial charge in [-0.2, -0.15) is 0 Å². The Morgan fingerprint density at radius 2 is 1.92 bits per heavy atom. The van der Waals surface area contributed by atoms with Crippen LogP contribution in [0.25, 0.3) is 0 Å². The minimum atomic E-state index is 0.187. The van der Waals surface area contributed by atoms with Crippen molar-refractivity contribution in [3.05, 3.63) is 35.4 Å². The van der Waals surface area contributed by atoms with Crippen molar-refractivity contribution >= 4 is 5.91 Å². The summed E-state index contributed by atoms with van der Waals surface area (Å²) in [6.45, 7) is 10.9. The number of nitrogens with zero attached hydrogens (tertiary/aromatic N) is 1. The molecular weight excluding hydrogens is 322 g/mol. The van der Waals surface area contributed by atoms with Crippen molar-refractivity contribution in [3.63, 3.8) is 0 Å². The molecule has 2 saturated heterocycles. The summed E-state index contributed by atoms with van der Waals surface area (Å²) in [6, 6.07) is 8.57. The predicted octanol–water partition coefficient (Wildman–Crippen LogP) is 3.17. The van der Waals surface area contributed by atoms with Gasteiger partial charge in [0.15, 0.2) is 0 Å². The number of amides is 1. The average Bonchev–Trinajstić information content (AvgIpc) is 3.12. The number of carbonyl (C=O) groups excluding carboxylic acids is 1. The summed E-state index contributed by atoms with van der Waals surface area (Å²) in [7, 11) is 0. The Morgan fingerprint density at radius 1 is 1.19 bits per heavy atom. The summed E-state index contributed by atoms with van der Waals surface area (Å²) >= 11 is 0. The van der Waals surface area contributed by atoms with E-state index in [9.17, 15) is 4.79 Å². The highest BCUT2D eigenvalue weighted by molar-refractivity contribution is 5.75. The van der Waals surface area contributed by atoms with Crippen LogP contribution >= 0.6 is 0 Å². The van der Waals surface area contributed by atoms with Gasteiger partial charge < -0.3 is 10.6 Å². The first-order valence-electron chi connectivity index (χ1n) is 10.4. The fourth-order valence-electron chi connectivity index (χ4n) is 4.62. The lowest BCUT2D eigenvalue weighted by atomic mass is 9.91. The molecule has 2 aliphatic heterocycles. The molecule has 2 N–H and O–H groups in total. The molecule has 4 heteroatoms. The van der Waals surface area contributed by atoms with Gasteiger partial charge in [0.1, 0.15) is 0 Å². The summed E-state index contributed by atoms with van der Waals surface area (Å²) in [5, 5.41) is 6.51. The van der Waals surface area contributed by atoms with Crippen LogP contribution in [-0.4, -0.2) is 37.0 Å². The molecule has 3 unspecified atom stereocenters. The van der Waals surface area contributed by atoms with Gasteiger partial charge in [-0.3, -0.25) is 9.69 Å². The maximum atomic E-state index is 12.2. The molecule has 0 bridgehead atoms. The lowest BCUT2D eigenvalue weighted by Crippen LogP contribution is -2.38. The number of rotatable bonds is 7. The molecule has 4 nitrogen and oxygen atoms in total. The van der Waals surface area contributed by atoms with Crippen molar-refractivity contribution in [1.29, 1.82) is 0 Å². The second kappa shape index (κ2) is 9.52. The van der Waals surface area contributed by atoms with Crippen molar-refractivity contribution in [2.24, 2.45) is 17.8 Å². The van der Waals surface area contributed by atoms with E-state index in [0.29, 0.717) is 18.9 Å². The molecule has 3 atom stereocenters. The van der Waals surface area contributed by atoms with Gasteiger partial charge in [0, 0.05) is 32.6 Å². The molecule has 3 rings (SSSR count). The number of likely N-dealkylation sites (tertiary alicyclic amines) is 1. The van der Waals surface area contributed by atoms with Crippen LogP contribution in [0.15, 0.2) is 24.3 Å². The minimum absolute atomic E-state index is 0.187. The number of nitrogens with one attached hydrogen (secondary N) is 2. The number of carbonyl (C=O) groups is 1. The summed E-state index contributed by atoms with van der Waals surface area (Å²) in [4.78, 5) is 14.8. The van der Waals surface area contributed by atoms with Crippen LogP contribution in [0.3, 0.4) is 0 Å². The largest absolute Gasteiger partial charge is 0.352 e. The molecule has 0 spiro atoms. The Kier molecular flexibility index (Phi) is 7.09. The van der Waals surface area contributed by atoms with Crippen molar-refractivity contribution in [3.8, 4) is 0 Å². The fraction of sp³-hybridized carbons (Fsp3) is 0.682. The molecule has 2 heterocycles. The third-order valence-corrected chi connectivity index (χ3v) is 5.87. The van der Waals surface area contributed by atoms with E-state index in [1.165, 1.54) is 37.1 Å². The van der Waals surface area contributed by atoms with E-state index in [1.54, 1.807) is 0 Å². The van der Waals surface area contributed by atoms with Gasteiger partial charge in [-0.25, -0.2) is 0 Å². The molecule has 1 aromatic rings. The van der Waals surface area contributed by atoms with E-state index in [0.717, 1.165) is 37.9 Å². The monoisotopic (exact) mass is 357 g/mol. The van der Waals surface area contributed by atoms with Crippen molar-refractivity contribution in [2.75, 3.05) is 26.2 Å². The molecule has 0 aliphatic carbocycles. The maximum Gasteiger partial charge on any atom is 0.220 e. The number of hydrogen-bond acceptors (Lipinski definition) is 3. The van der Waals surface area contributed by atoms with Crippen LogP contribution < -0.4 is 10.6 Å². The van der Waals surface area contributed by atoms with Crippen LogP contribution in [-0.2, 0) is 17.9 Å². The SMILES string of the molecule is CC1CC(C)CN(Cc2ccccc2CNC(=O)CCC2CCNC2)C1. The summed E-state index contributed by atoms with van der Waals surface area (Å²) in [6.07, 6.45) is 4.20. The zero-order chi connectivity index (χ0) is 18.4. The summed E-state index contributed by atoms with van der Waals surface area (Å²) < 4.78 is 0. The zero-order valence-electron chi connectivity index (χ0n) is 16.5. The Morgan fingerprint density at radius 3 is 2.62 bits per heavy atom. The Balaban J connectivity index is 1.49. The summed E-state index contributed by atoms with van der Waals surface area (Å²) in [5.41, 5.74) is 2.61. The van der Waals surface area contributed by atoms with E-state index in [-0.39, 0.29) is 5.91 Å². The van der Waals surface area contributed by atoms with E-state index >= 15 is 0 Å². The molecule has 0 radical (unpaired) electrons. The highest BCUT2D eigenvalue weighted by Crippen LogP contribution is 2.23. The van der Waals surface area contributed by atoms with Gasteiger partial charge >= 0.3 is 0 Å². The van der Waals surface area contributed by atoms with E-state index in [2.05, 4.69) is 53.6 Å². The van der Waals surface area contributed by atoms with Gasteiger partial charge in [-0.15, -0.1) is 0 Å². The van der Waals surface area contributed by atoms with Crippen molar-refractivity contribution in [1.82, 2.24) is 15.5 Å². The highest BCUT2D eigenvalue weighted by Gasteiger charge is 2.22. The van der Waals surface area contributed by atoms with Crippen LogP contribution in [0.4, 0.5) is 0 Å². The average molecular weight is 358 g/mol. The second-order valence-corrected chi connectivity index (χ2v) is 8.58.